The molecule has 11 rings (SSSR count). The molecule has 0 aliphatic heterocycles. The molecule has 0 saturated carbocycles. The highest BCUT2D eigenvalue weighted by molar-refractivity contribution is 6.10. The second-order valence-electron chi connectivity index (χ2n) is 19.3. The summed E-state index contributed by atoms with van der Waals surface area (Å²) in [6, 6.07) is 78.8. The summed E-state index contributed by atoms with van der Waals surface area (Å²) in [7, 11) is 0. The topological polar surface area (TPSA) is 105 Å². The molecule has 9 heteroatoms. The first-order valence-electron chi connectivity index (χ1n) is 26.3. The molecule has 0 heterocycles. The van der Waals surface area contributed by atoms with Crippen LogP contribution in [-0.4, -0.2) is 10.2 Å². The normalized spacial score (nSPS) is 11.1. The van der Waals surface area contributed by atoms with Gasteiger partial charge in [0.15, 0.2) is 0 Å². The van der Waals surface area contributed by atoms with E-state index in [1.54, 1.807) is 6.07 Å². The van der Waals surface area contributed by atoms with Crippen molar-refractivity contribution in [2.24, 2.45) is 0 Å². The fraction of sp³-hybridized carbons (Fsp3) is 0.114. The van der Waals surface area contributed by atoms with Gasteiger partial charge in [-0.1, -0.05) is 176 Å². The Morgan fingerprint density at radius 3 is 0.987 bits per heavy atom. The number of ether oxygens (including phenoxy) is 7. The summed E-state index contributed by atoms with van der Waals surface area (Å²) >= 11 is 0. The molecule has 11 aromatic rings. The number of phenols is 2. The highest BCUT2D eigenvalue weighted by atomic mass is 16.5. The maximum atomic E-state index is 12.1. The highest BCUT2D eigenvalue weighted by Crippen LogP contribution is 2.46. The number of fused-ring (bicyclic) bond motifs is 2. The summed E-state index contributed by atoms with van der Waals surface area (Å²) in [4.78, 5) is 0. The van der Waals surface area contributed by atoms with Crippen LogP contribution in [0.25, 0.3) is 32.7 Å². The van der Waals surface area contributed by atoms with E-state index < -0.39 is 0 Å². The standard InChI is InChI=1S/C70H58O9/c71-67-30-29-56-25-13-15-27-65(56)68(67)69-66-28-16-14-26-57(66)37-58(70(69)72)48-73-41-53-31-59(78-46-54-33-61(74-42-49-17-5-1-6-18-49)39-62(34-54)75-43-50-19-7-2-8-20-50)38-60(32-53)79-47-55-35-63(76-44-51-21-9-3-10-22-51)40-64(36-55)77-45-52-23-11-4-12-24-52/h1-40,71-72H,41-48H2. The zero-order valence-electron chi connectivity index (χ0n) is 43.5. The molecule has 11 aromatic carbocycles. The van der Waals surface area contributed by atoms with Gasteiger partial charge in [-0.3, -0.25) is 0 Å². The lowest BCUT2D eigenvalue weighted by Gasteiger charge is -2.18. The van der Waals surface area contributed by atoms with Gasteiger partial charge in [-0.25, -0.2) is 0 Å². The van der Waals surface area contributed by atoms with E-state index in [9.17, 15) is 10.2 Å². The van der Waals surface area contributed by atoms with Gasteiger partial charge in [-0.05, 0) is 109 Å². The predicted molar refractivity (Wildman–Crippen MR) is 310 cm³/mol. The van der Waals surface area contributed by atoms with E-state index in [0.29, 0.717) is 77.6 Å². The Kier molecular flexibility index (Phi) is 16.3. The molecule has 0 bridgehead atoms. The molecule has 0 saturated heterocycles. The van der Waals surface area contributed by atoms with Crippen molar-refractivity contribution >= 4 is 21.5 Å². The quantitative estimate of drug-likeness (QED) is 0.0648. The largest absolute Gasteiger partial charge is 0.507 e. The molecule has 0 spiro atoms. The van der Waals surface area contributed by atoms with Crippen LogP contribution in [0.4, 0.5) is 0 Å². The predicted octanol–water partition coefficient (Wildman–Crippen LogP) is 16.3. The van der Waals surface area contributed by atoms with Crippen LogP contribution >= 0.6 is 0 Å². The summed E-state index contributed by atoms with van der Waals surface area (Å²) < 4.78 is 45.1. The maximum absolute atomic E-state index is 12.1. The summed E-state index contributed by atoms with van der Waals surface area (Å²) in [5.41, 5.74) is 8.32. The van der Waals surface area contributed by atoms with Crippen molar-refractivity contribution in [3.8, 4) is 57.1 Å². The van der Waals surface area contributed by atoms with Gasteiger partial charge in [0.25, 0.3) is 0 Å². The third-order valence-electron chi connectivity index (χ3n) is 13.4. The van der Waals surface area contributed by atoms with Crippen molar-refractivity contribution < 1.29 is 43.4 Å². The summed E-state index contributed by atoms with van der Waals surface area (Å²) in [6.07, 6.45) is 0. The first-order valence-corrected chi connectivity index (χ1v) is 26.3. The van der Waals surface area contributed by atoms with Gasteiger partial charge in [0.1, 0.15) is 85.6 Å². The number of hydrogen-bond acceptors (Lipinski definition) is 9. The molecule has 9 nitrogen and oxygen atoms in total. The van der Waals surface area contributed by atoms with Crippen molar-refractivity contribution in [1.29, 1.82) is 0 Å². The van der Waals surface area contributed by atoms with Crippen LogP contribution in [0.3, 0.4) is 0 Å². The van der Waals surface area contributed by atoms with Crippen LogP contribution < -0.4 is 28.4 Å². The first-order chi connectivity index (χ1) is 38.9. The minimum Gasteiger partial charge on any atom is -0.507 e. The van der Waals surface area contributed by atoms with Crippen molar-refractivity contribution in [2.75, 3.05) is 0 Å². The average Bonchev–Trinajstić information content (AvgIpc) is 3.52. The second-order valence-corrected chi connectivity index (χ2v) is 19.3. The Bertz CT molecular complexity index is 3510. The van der Waals surface area contributed by atoms with Crippen molar-refractivity contribution in [2.45, 2.75) is 52.9 Å². The van der Waals surface area contributed by atoms with E-state index in [-0.39, 0.29) is 37.9 Å². The zero-order valence-corrected chi connectivity index (χ0v) is 43.5. The molecule has 79 heavy (non-hydrogen) atoms. The molecule has 0 aliphatic rings. The van der Waals surface area contributed by atoms with Gasteiger partial charge >= 0.3 is 0 Å². The van der Waals surface area contributed by atoms with Crippen molar-refractivity contribution in [3.63, 3.8) is 0 Å². The van der Waals surface area contributed by atoms with Gasteiger partial charge in [-0.15, -0.1) is 0 Å². The monoisotopic (exact) mass is 1040 g/mol. The van der Waals surface area contributed by atoms with Gasteiger partial charge in [-0.2, -0.15) is 0 Å². The maximum Gasteiger partial charge on any atom is 0.129 e. The first kappa shape index (κ1) is 51.4. The lowest BCUT2D eigenvalue weighted by molar-refractivity contribution is 0.105. The molecule has 2 N–H and O–H groups in total. The SMILES string of the molecule is Oc1ccc2ccccc2c1-c1c(O)c(COCc2cc(OCc3cc(OCc4ccccc4)cc(OCc4ccccc4)c3)cc(OCc3cc(OCc4ccccc4)cc(OCc4ccccc4)c3)c2)cc2ccccc12. The van der Waals surface area contributed by atoms with Gasteiger partial charge in [0.05, 0.1) is 13.2 Å². The minimum absolute atomic E-state index is 0.0376. The smallest absolute Gasteiger partial charge is 0.129 e. The lowest BCUT2D eigenvalue weighted by Crippen LogP contribution is -2.03. The van der Waals surface area contributed by atoms with Crippen LogP contribution in [0.1, 0.15) is 44.5 Å². The van der Waals surface area contributed by atoms with E-state index in [1.807, 2.05) is 237 Å². The van der Waals surface area contributed by atoms with E-state index in [0.717, 1.165) is 60.5 Å². The van der Waals surface area contributed by atoms with Crippen LogP contribution in [0.5, 0.6) is 46.0 Å². The highest BCUT2D eigenvalue weighted by Gasteiger charge is 2.20. The molecule has 0 aromatic heterocycles. The summed E-state index contributed by atoms with van der Waals surface area (Å²) in [5.74, 6) is 3.81. The number of aromatic hydroxyl groups is 2. The molecule has 0 aliphatic carbocycles. The summed E-state index contributed by atoms with van der Waals surface area (Å²) in [6.45, 7) is 2.14. The van der Waals surface area contributed by atoms with Crippen LogP contribution in [-0.2, 0) is 57.6 Å². The Morgan fingerprint density at radius 1 is 0.253 bits per heavy atom. The van der Waals surface area contributed by atoms with Gasteiger partial charge in [0, 0.05) is 34.9 Å². The Hall–Kier alpha value is -9.70. The Balaban J connectivity index is 0.878. The third kappa shape index (κ3) is 13.5. The minimum atomic E-state index is 0.0376. The number of benzene rings is 11. The van der Waals surface area contributed by atoms with E-state index in [1.165, 1.54) is 0 Å². The molecular formula is C70H58O9. The fourth-order valence-corrected chi connectivity index (χ4v) is 9.50. The Labute approximate surface area is 460 Å². The van der Waals surface area contributed by atoms with Crippen LogP contribution in [0.15, 0.2) is 243 Å². The molecule has 392 valence electrons. The van der Waals surface area contributed by atoms with Crippen molar-refractivity contribution in [1.82, 2.24) is 0 Å². The van der Waals surface area contributed by atoms with E-state index in [4.69, 9.17) is 33.2 Å². The van der Waals surface area contributed by atoms with E-state index >= 15 is 0 Å². The zero-order chi connectivity index (χ0) is 53.6. The molecule has 0 unspecified atom stereocenters. The molecular weight excluding hydrogens is 985 g/mol. The van der Waals surface area contributed by atoms with Crippen molar-refractivity contribution in [3.05, 3.63) is 287 Å². The molecule has 0 amide bonds. The average molecular weight is 1040 g/mol. The summed E-state index contributed by atoms with van der Waals surface area (Å²) in [5, 5.41) is 27.0. The van der Waals surface area contributed by atoms with Gasteiger partial charge < -0.3 is 43.4 Å². The van der Waals surface area contributed by atoms with E-state index in [2.05, 4.69) is 0 Å². The second kappa shape index (κ2) is 25.0. The molecule has 0 fully saturated rings. The van der Waals surface area contributed by atoms with Gasteiger partial charge in [0.2, 0.25) is 0 Å². The number of hydrogen-bond donors (Lipinski definition) is 2. The molecule has 0 atom stereocenters. The number of rotatable bonds is 23. The van der Waals surface area contributed by atoms with Crippen LogP contribution in [0, 0.1) is 0 Å². The fourth-order valence-electron chi connectivity index (χ4n) is 9.50. The van der Waals surface area contributed by atoms with Crippen LogP contribution in [0.2, 0.25) is 0 Å². The molecule has 0 radical (unpaired) electrons. The lowest BCUT2D eigenvalue weighted by atomic mass is 9.90. The number of phenolic OH excluding ortho intramolecular Hbond substituents is 2. The third-order valence-corrected chi connectivity index (χ3v) is 13.4. The Morgan fingerprint density at radius 2 is 0.582 bits per heavy atom.